The molecule has 1 saturated heterocycles. The van der Waals surface area contributed by atoms with Crippen LogP contribution in [-0.4, -0.2) is 27.7 Å². The van der Waals surface area contributed by atoms with Crippen LogP contribution in [0.1, 0.15) is 18.9 Å². The summed E-state index contributed by atoms with van der Waals surface area (Å²) in [7, 11) is 0. The van der Waals surface area contributed by atoms with Crippen LogP contribution in [0.2, 0.25) is 0 Å². The number of fused-ring (bicyclic) bond motifs is 1. The molecule has 0 amide bonds. The van der Waals surface area contributed by atoms with E-state index in [1.807, 2.05) is 6.07 Å². The molecular formula is C11H14N4O. The Kier molecular flexibility index (Phi) is 2.25. The van der Waals surface area contributed by atoms with Crippen molar-refractivity contribution in [2.75, 3.05) is 18.9 Å². The van der Waals surface area contributed by atoms with E-state index in [1.165, 1.54) is 0 Å². The molecule has 1 fully saturated rings. The van der Waals surface area contributed by atoms with Gasteiger partial charge in [0, 0.05) is 25.5 Å². The third-order valence-electron chi connectivity index (χ3n) is 3.08. The SMILES string of the molecule is Nc1nc2cnccc2n1C1CCOCC1. The number of nitrogens with zero attached hydrogens (tertiary/aromatic N) is 3. The van der Waals surface area contributed by atoms with Crippen LogP contribution in [0.3, 0.4) is 0 Å². The Morgan fingerprint density at radius 2 is 2.19 bits per heavy atom. The van der Waals surface area contributed by atoms with Crippen molar-refractivity contribution in [2.24, 2.45) is 0 Å². The highest BCUT2D eigenvalue weighted by Crippen LogP contribution is 2.28. The molecule has 0 saturated carbocycles. The third kappa shape index (κ3) is 1.44. The molecule has 0 atom stereocenters. The number of hydrogen-bond acceptors (Lipinski definition) is 4. The average molecular weight is 218 g/mol. The summed E-state index contributed by atoms with van der Waals surface area (Å²) in [4.78, 5) is 8.38. The number of hydrogen-bond donors (Lipinski definition) is 1. The Morgan fingerprint density at radius 1 is 1.38 bits per heavy atom. The minimum atomic E-state index is 0.404. The summed E-state index contributed by atoms with van der Waals surface area (Å²) in [5.74, 6) is 0.579. The van der Waals surface area contributed by atoms with Gasteiger partial charge in [-0.3, -0.25) is 4.98 Å². The van der Waals surface area contributed by atoms with Crippen LogP contribution >= 0.6 is 0 Å². The van der Waals surface area contributed by atoms with Crippen molar-refractivity contribution >= 4 is 17.0 Å². The second-order valence-corrected chi connectivity index (χ2v) is 4.05. The quantitative estimate of drug-likeness (QED) is 0.785. The lowest BCUT2D eigenvalue weighted by Crippen LogP contribution is -2.20. The van der Waals surface area contributed by atoms with Gasteiger partial charge in [0.15, 0.2) is 0 Å². The van der Waals surface area contributed by atoms with Gasteiger partial charge in [-0.1, -0.05) is 0 Å². The number of pyridine rings is 1. The van der Waals surface area contributed by atoms with Crippen LogP contribution in [0, 0.1) is 0 Å². The molecule has 2 aromatic rings. The van der Waals surface area contributed by atoms with Gasteiger partial charge in [0.25, 0.3) is 0 Å². The van der Waals surface area contributed by atoms with Crippen molar-refractivity contribution in [1.29, 1.82) is 0 Å². The lowest BCUT2D eigenvalue weighted by atomic mass is 10.1. The van der Waals surface area contributed by atoms with Crippen molar-refractivity contribution in [3.63, 3.8) is 0 Å². The van der Waals surface area contributed by atoms with E-state index in [0.717, 1.165) is 37.1 Å². The van der Waals surface area contributed by atoms with E-state index in [1.54, 1.807) is 12.4 Å². The fourth-order valence-corrected chi connectivity index (χ4v) is 2.30. The van der Waals surface area contributed by atoms with Crippen molar-refractivity contribution in [1.82, 2.24) is 14.5 Å². The Morgan fingerprint density at radius 3 is 3.00 bits per heavy atom. The van der Waals surface area contributed by atoms with E-state index in [0.29, 0.717) is 12.0 Å². The summed E-state index contributed by atoms with van der Waals surface area (Å²) in [6, 6.07) is 2.37. The lowest BCUT2D eigenvalue weighted by Gasteiger charge is -2.24. The van der Waals surface area contributed by atoms with E-state index in [-0.39, 0.29) is 0 Å². The molecule has 1 aliphatic rings. The zero-order valence-corrected chi connectivity index (χ0v) is 8.97. The molecule has 5 nitrogen and oxygen atoms in total. The van der Waals surface area contributed by atoms with Crippen molar-refractivity contribution in [3.8, 4) is 0 Å². The standard InChI is InChI=1S/C11H14N4O/c12-11-14-9-7-13-4-1-10(9)15(11)8-2-5-16-6-3-8/h1,4,7-8H,2-3,5-6H2,(H2,12,14). The molecule has 1 aliphatic heterocycles. The number of aromatic nitrogens is 3. The molecule has 0 spiro atoms. The van der Waals surface area contributed by atoms with E-state index >= 15 is 0 Å². The highest BCUT2D eigenvalue weighted by molar-refractivity contribution is 5.77. The zero-order valence-electron chi connectivity index (χ0n) is 8.97. The van der Waals surface area contributed by atoms with E-state index in [2.05, 4.69) is 14.5 Å². The molecule has 0 aromatic carbocycles. The molecule has 0 radical (unpaired) electrons. The molecule has 0 aliphatic carbocycles. The van der Waals surface area contributed by atoms with Gasteiger partial charge in [0.1, 0.15) is 5.52 Å². The molecule has 16 heavy (non-hydrogen) atoms. The molecular weight excluding hydrogens is 204 g/mol. The number of imidazole rings is 1. The van der Waals surface area contributed by atoms with E-state index < -0.39 is 0 Å². The molecule has 0 unspecified atom stereocenters. The second-order valence-electron chi connectivity index (χ2n) is 4.05. The summed E-state index contributed by atoms with van der Waals surface area (Å²) < 4.78 is 7.47. The first kappa shape index (κ1) is 9.59. The van der Waals surface area contributed by atoms with Gasteiger partial charge in [0.2, 0.25) is 5.95 Å². The first-order valence-electron chi connectivity index (χ1n) is 5.51. The number of rotatable bonds is 1. The number of nitrogen functional groups attached to an aromatic ring is 1. The Labute approximate surface area is 93.2 Å². The first-order valence-corrected chi connectivity index (χ1v) is 5.51. The van der Waals surface area contributed by atoms with Gasteiger partial charge in [-0.25, -0.2) is 4.98 Å². The normalized spacial score (nSPS) is 18.0. The monoisotopic (exact) mass is 218 g/mol. The van der Waals surface area contributed by atoms with Crippen molar-refractivity contribution < 1.29 is 4.74 Å². The van der Waals surface area contributed by atoms with Gasteiger partial charge < -0.3 is 15.0 Å². The highest BCUT2D eigenvalue weighted by Gasteiger charge is 2.20. The summed E-state index contributed by atoms with van der Waals surface area (Å²) >= 11 is 0. The summed E-state index contributed by atoms with van der Waals surface area (Å²) in [5.41, 5.74) is 7.90. The van der Waals surface area contributed by atoms with Crippen molar-refractivity contribution in [3.05, 3.63) is 18.5 Å². The molecule has 3 rings (SSSR count). The smallest absolute Gasteiger partial charge is 0.201 e. The maximum Gasteiger partial charge on any atom is 0.201 e. The van der Waals surface area contributed by atoms with Gasteiger partial charge in [0.05, 0.1) is 11.7 Å². The number of nitrogens with two attached hydrogens (primary N) is 1. The predicted molar refractivity (Wildman–Crippen MR) is 61.0 cm³/mol. The highest BCUT2D eigenvalue weighted by atomic mass is 16.5. The lowest BCUT2D eigenvalue weighted by molar-refractivity contribution is 0.0711. The van der Waals surface area contributed by atoms with Gasteiger partial charge in [-0.15, -0.1) is 0 Å². The number of anilines is 1. The van der Waals surface area contributed by atoms with Gasteiger partial charge >= 0.3 is 0 Å². The second kappa shape index (κ2) is 3.75. The first-order chi connectivity index (χ1) is 7.86. The van der Waals surface area contributed by atoms with Crippen LogP contribution < -0.4 is 5.73 Å². The topological polar surface area (TPSA) is 66.0 Å². The number of ether oxygens (including phenoxy) is 1. The Balaban J connectivity index is 2.10. The fraction of sp³-hybridized carbons (Fsp3) is 0.455. The molecule has 3 heterocycles. The average Bonchev–Trinajstić information content (AvgIpc) is 2.66. The minimum Gasteiger partial charge on any atom is -0.381 e. The third-order valence-corrected chi connectivity index (χ3v) is 3.08. The Hall–Kier alpha value is -1.62. The largest absolute Gasteiger partial charge is 0.381 e. The van der Waals surface area contributed by atoms with Crippen LogP contribution in [-0.2, 0) is 4.74 Å². The van der Waals surface area contributed by atoms with E-state index in [9.17, 15) is 0 Å². The van der Waals surface area contributed by atoms with Crippen LogP contribution in [0.4, 0.5) is 5.95 Å². The molecule has 0 bridgehead atoms. The molecule has 2 N–H and O–H groups in total. The maximum atomic E-state index is 5.97. The van der Waals surface area contributed by atoms with E-state index in [4.69, 9.17) is 10.5 Å². The summed E-state index contributed by atoms with van der Waals surface area (Å²) in [5, 5.41) is 0. The van der Waals surface area contributed by atoms with Crippen LogP contribution in [0.5, 0.6) is 0 Å². The maximum absolute atomic E-state index is 5.97. The molecule has 84 valence electrons. The predicted octanol–water partition coefficient (Wildman–Crippen LogP) is 1.36. The summed E-state index contributed by atoms with van der Waals surface area (Å²) in [6.07, 6.45) is 5.52. The van der Waals surface area contributed by atoms with Crippen molar-refractivity contribution in [2.45, 2.75) is 18.9 Å². The van der Waals surface area contributed by atoms with Crippen LogP contribution in [0.25, 0.3) is 11.0 Å². The zero-order chi connectivity index (χ0) is 11.0. The minimum absolute atomic E-state index is 0.404. The fourth-order valence-electron chi connectivity index (χ4n) is 2.30. The van der Waals surface area contributed by atoms with Gasteiger partial charge in [-0.05, 0) is 18.9 Å². The van der Waals surface area contributed by atoms with Crippen LogP contribution in [0.15, 0.2) is 18.5 Å². The van der Waals surface area contributed by atoms with Gasteiger partial charge in [-0.2, -0.15) is 0 Å². The summed E-state index contributed by atoms with van der Waals surface area (Å²) in [6.45, 7) is 1.60. The Bertz CT molecular complexity index is 502. The molecule has 5 heteroatoms. The molecule has 2 aromatic heterocycles.